The summed E-state index contributed by atoms with van der Waals surface area (Å²) in [5.74, 6) is 0. The number of carbonyl (C=O) groups excluding carboxylic acids is 1. The number of urea groups is 1. The van der Waals surface area contributed by atoms with Crippen molar-refractivity contribution in [3.63, 3.8) is 0 Å². The zero-order chi connectivity index (χ0) is 14.5. The summed E-state index contributed by atoms with van der Waals surface area (Å²) in [4.78, 5) is 12.9. The summed E-state index contributed by atoms with van der Waals surface area (Å²) < 4.78 is 7.25. The average Bonchev–Trinajstić information content (AvgIpc) is 3.17. The van der Waals surface area contributed by atoms with Crippen LogP contribution in [0.4, 0.5) is 10.5 Å². The van der Waals surface area contributed by atoms with Crippen LogP contribution in [0.3, 0.4) is 0 Å². The third kappa shape index (κ3) is 3.83. The lowest BCUT2D eigenvalue weighted by atomic mass is 10.1. The molecule has 0 saturated carbocycles. The summed E-state index contributed by atoms with van der Waals surface area (Å²) in [6, 6.07) is 4.12. The number of ether oxygens (including phenoxy) is 1. The first kappa shape index (κ1) is 14.1. The maximum absolute atomic E-state index is 11.8. The molecule has 2 N–H and O–H groups in total. The minimum atomic E-state index is -0.213. The van der Waals surface area contributed by atoms with Gasteiger partial charge in [0.2, 0.25) is 0 Å². The molecule has 0 radical (unpaired) electrons. The Morgan fingerprint density at radius 3 is 3.10 bits per heavy atom. The van der Waals surface area contributed by atoms with E-state index in [2.05, 4.69) is 15.7 Å². The number of rotatable bonds is 4. The molecule has 1 fully saturated rings. The number of nitrogens with zero attached hydrogens (tertiary/aromatic N) is 2. The third-order valence-electron chi connectivity index (χ3n) is 3.43. The van der Waals surface area contributed by atoms with Crippen LogP contribution in [-0.4, -0.2) is 29.0 Å². The molecule has 1 aliphatic rings. The Morgan fingerprint density at radius 1 is 1.48 bits per heavy atom. The van der Waals surface area contributed by atoms with E-state index in [1.807, 2.05) is 28.4 Å². The van der Waals surface area contributed by atoms with E-state index in [0.717, 1.165) is 30.9 Å². The molecular weight excluding hydrogens is 288 g/mol. The molecule has 0 aromatic carbocycles. The van der Waals surface area contributed by atoms with Gasteiger partial charge in [-0.15, -0.1) is 11.3 Å². The Bertz CT molecular complexity index is 576. The van der Waals surface area contributed by atoms with Gasteiger partial charge in [0.1, 0.15) is 0 Å². The van der Waals surface area contributed by atoms with Gasteiger partial charge >= 0.3 is 6.03 Å². The Morgan fingerprint density at radius 2 is 2.33 bits per heavy atom. The molecule has 3 rings (SSSR count). The molecule has 6 nitrogen and oxygen atoms in total. The van der Waals surface area contributed by atoms with E-state index in [1.54, 1.807) is 17.5 Å². The summed E-state index contributed by atoms with van der Waals surface area (Å²) in [7, 11) is 0. The van der Waals surface area contributed by atoms with Crippen molar-refractivity contribution in [1.29, 1.82) is 0 Å². The van der Waals surface area contributed by atoms with Crippen molar-refractivity contribution >= 4 is 23.1 Å². The SMILES string of the molecule is O=C(NCc1cccs1)Nc1cnn(C2CCOCC2)c1. The molecular formula is C14H18N4O2S. The van der Waals surface area contributed by atoms with Crippen LogP contribution in [0.2, 0.25) is 0 Å². The molecule has 0 unspecified atom stereocenters. The summed E-state index contributed by atoms with van der Waals surface area (Å²) in [5, 5.41) is 11.9. The minimum Gasteiger partial charge on any atom is -0.381 e. The Hall–Kier alpha value is -1.86. The summed E-state index contributed by atoms with van der Waals surface area (Å²) in [5.41, 5.74) is 0.713. The van der Waals surface area contributed by atoms with Gasteiger partial charge in [0.25, 0.3) is 0 Å². The lowest BCUT2D eigenvalue weighted by molar-refractivity contribution is 0.0662. The third-order valence-corrected chi connectivity index (χ3v) is 4.30. The smallest absolute Gasteiger partial charge is 0.319 e. The maximum atomic E-state index is 11.8. The first-order chi connectivity index (χ1) is 10.3. The van der Waals surface area contributed by atoms with Crippen molar-refractivity contribution in [2.45, 2.75) is 25.4 Å². The first-order valence-corrected chi connectivity index (χ1v) is 7.88. The van der Waals surface area contributed by atoms with Gasteiger partial charge in [-0.25, -0.2) is 4.79 Å². The van der Waals surface area contributed by atoms with Gasteiger partial charge in [-0.2, -0.15) is 5.10 Å². The van der Waals surface area contributed by atoms with E-state index in [1.165, 1.54) is 0 Å². The lowest BCUT2D eigenvalue weighted by Crippen LogP contribution is -2.27. The molecule has 112 valence electrons. The van der Waals surface area contributed by atoms with Gasteiger partial charge in [0, 0.05) is 24.3 Å². The quantitative estimate of drug-likeness (QED) is 0.912. The van der Waals surface area contributed by atoms with Gasteiger partial charge in [0.05, 0.1) is 24.5 Å². The monoisotopic (exact) mass is 306 g/mol. The molecule has 0 aliphatic carbocycles. The van der Waals surface area contributed by atoms with Crippen molar-refractivity contribution in [1.82, 2.24) is 15.1 Å². The number of thiophene rings is 1. The van der Waals surface area contributed by atoms with Crippen molar-refractivity contribution in [3.8, 4) is 0 Å². The Balaban J connectivity index is 1.50. The highest BCUT2D eigenvalue weighted by Gasteiger charge is 2.16. The number of anilines is 1. The highest BCUT2D eigenvalue weighted by atomic mass is 32.1. The number of amides is 2. The normalized spacial score (nSPS) is 15.8. The molecule has 0 spiro atoms. The van der Waals surface area contributed by atoms with Crippen molar-refractivity contribution in [2.75, 3.05) is 18.5 Å². The number of aromatic nitrogens is 2. The van der Waals surface area contributed by atoms with Crippen LogP contribution in [0.1, 0.15) is 23.8 Å². The van der Waals surface area contributed by atoms with E-state index in [0.29, 0.717) is 18.3 Å². The van der Waals surface area contributed by atoms with E-state index in [4.69, 9.17) is 4.74 Å². The van der Waals surface area contributed by atoms with Crippen molar-refractivity contribution < 1.29 is 9.53 Å². The standard InChI is InChI=1S/C14H18N4O2S/c19-14(15-9-13-2-1-7-21-13)17-11-8-16-18(10-11)12-3-5-20-6-4-12/h1-2,7-8,10,12H,3-6,9H2,(H2,15,17,19). The molecule has 2 amide bonds. The molecule has 2 aromatic rings. The molecule has 21 heavy (non-hydrogen) atoms. The summed E-state index contributed by atoms with van der Waals surface area (Å²) >= 11 is 1.62. The van der Waals surface area contributed by atoms with Crippen molar-refractivity contribution in [3.05, 3.63) is 34.8 Å². The largest absolute Gasteiger partial charge is 0.381 e. The van der Waals surface area contributed by atoms with Crippen LogP contribution in [0.5, 0.6) is 0 Å². The predicted molar refractivity (Wildman–Crippen MR) is 81.5 cm³/mol. The number of hydrogen-bond acceptors (Lipinski definition) is 4. The number of hydrogen-bond donors (Lipinski definition) is 2. The van der Waals surface area contributed by atoms with Crippen LogP contribution in [0, 0.1) is 0 Å². The number of nitrogens with one attached hydrogen (secondary N) is 2. The Kier molecular flexibility index (Phi) is 4.52. The zero-order valence-corrected chi connectivity index (χ0v) is 12.4. The molecule has 7 heteroatoms. The highest BCUT2D eigenvalue weighted by Crippen LogP contribution is 2.21. The molecule has 1 aliphatic heterocycles. The highest BCUT2D eigenvalue weighted by molar-refractivity contribution is 7.09. The molecule has 0 bridgehead atoms. The molecule has 1 saturated heterocycles. The van der Waals surface area contributed by atoms with E-state index >= 15 is 0 Å². The maximum Gasteiger partial charge on any atom is 0.319 e. The second-order valence-corrected chi connectivity index (χ2v) is 5.97. The van der Waals surface area contributed by atoms with Crippen LogP contribution >= 0.6 is 11.3 Å². The first-order valence-electron chi connectivity index (χ1n) is 7.00. The fourth-order valence-electron chi connectivity index (χ4n) is 2.31. The van der Waals surface area contributed by atoms with E-state index < -0.39 is 0 Å². The van der Waals surface area contributed by atoms with Crippen LogP contribution < -0.4 is 10.6 Å². The fourth-order valence-corrected chi connectivity index (χ4v) is 2.95. The molecule has 0 atom stereocenters. The van der Waals surface area contributed by atoms with Gasteiger partial charge in [-0.1, -0.05) is 6.07 Å². The summed E-state index contributed by atoms with van der Waals surface area (Å²) in [6.07, 6.45) is 5.48. The van der Waals surface area contributed by atoms with Gasteiger partial charge < -0.3 is 15.4 Å². The predicted octanol–water partition coefficient (Wildman–Crippen LogP) is 2.62. The van der Waals surface area contributed by atoms with E-state index in [-0.39, 0.29) is 6.03 Å². The lowest BCUT2D eigenvalue weighted by Gasteiger charge is -2.22. The molecule has 3 heterocycles. The second-order valence-electron chi connectivity index (χ2n) is 4.94. The van der Waals surface area contributed by atoms with Crippen molar-refractivity contribution in [2.24, 2.45) is 0 Å². The van der Waals surface area contributed by atoms with Gasteiger partial charge in [-0.3, -0.25) is 4.68 Å². The average molecular weight is 306 g/mol. The molecule has 2 aromatic heterocycles. The minimum absolute atomic E-state index is 0.213. The zero-order valence-electron chi connectivity index (χ0n) is 11.6. The Labute approximate surface area is 127 Å². The second kappa shape index (κ2) is 6.73. The van der Waals surface area contributed by atoms with Crippen LogP contribution in [-0.2, 0) is 11.3 Å². The van der Waals surface area contributed by atoms with Crippen LogP contribution in [0.15, 0.2) is 29.9 Å². The summed E-state index contributed by atoms with van der Waals surface area (Å²) in [6.45, 7) is 2.08. The van der Waals surface area contributed by atoms with Gasteiger partial charge in [0.15, 0.2) is 0 Å². The van der Waals surface area contributed by atoms with Gasteiger partial charge in [-0.05, 0) is 24.3 Å². The number of carbonyl (C=O) groups is 1. The van der Waals surface area contributed by atoms with E-state index in [9.17, 15) is 4.79 Å². The van der Waals surface area contributed by atoms with Crippen LogP contribution in [0.25, 0.3) is 0 Å². The topological polar surface area (TPSA) is 68.2 Å². The fraction of sp³-hybridized carbons (Fsp3) is 0.429.